The van der Waals surface area contributed by atoms with Gasteiger partial charge >= 0.3 is 22.7 Å². The largest absolute Gasteiger partial charge is 0.439 e. The monoisotopic (exact) mass is 256 g/mol. The molecule has 1 rings (SSSR count). The lowest BCUT2D eigenvalue weighted by Gasteiger charge is -1.94. The molecule has 0 saturated carbocycles. The van der Waals surface area contributed by atoms with Crippen molar-refractivity contribution in [2.24, 2.45) is 0 Å². The molecule has 0 bridgehead atoms. The Labute approximate surface area is 96.0 Å². The highest BCUT2D eigenvalue weighted by Crippen LogP contribution is 2.39. The first-order valence-corrected chi connectivity index (χ1v) is 3.86. The quantitative estimate of drug-likeness (QED) is 0.564. The third-order valence-electron chi connectivity index (χ3n) is 1.70. The van der Waals surface area contributed by atoms with Gasteiger partial charge in [-0.15, -0.1) is 0 Å². The van der Waals surface area contributed by atoms with Crippen molar-refractivity contribution in [3.05, 3.63) is 52.6 Å². The predicted molar refractivity (Wildman–Crippen MR) is 50.7 cm³/mol. The molecule has 0 radical (unpaired) electrons. The molecule has 12 heteroatoms. The van der Waals surface area contributed by atoms with Crippen LogP contribution in [0.5, 0.6) is 0 Å². The van der Waals surface area contributed by atoms with Crippen molar-refractivity contribution in [2.75, 3.05) is 0 Å². The van der Waals surface area contributed by atoms with Gasteiger partial charge in [0, 0.05) is 12.1 Å². The number of rotatable bonds is 4. The molecule has 0 saturated heterocycles. The fraction of sp³-hybridized carbons (Fsp3) is 0. The highest BCUT2D eigenvalue weighted by molar-refractivity contribution is 5.71. The van der Waals surface area contributed by atoms with Crippen molar-refractivity contribution in [3.8, 4) is 0 Å². The average Bonchev–Trinajstić information content (AvgIpc) is 2.26. The second-order valence-electron chi connectivity index (χ2n) is 2.67. The van der Waals surface area contributed by atoms with Crippen molar-refractivity contribution in [1.29, 1.82) is 0 Å². The Morgan fingerprint density at radius 1 is 0.611 bits per heavy atom. The average molecular weight is 256 g/mol. The Kier molecular flexibility index (Phi) is 3.00. The van der Waals surface area contributed by atoms with Gasteiger partial charge in [-0.05, 0) is 0 Å². The van der Waals surface area contributed by atoms with E-state index >= 15 is 0 Å². The van der Waals surface area contributed by atoms with Crippen LogP contribution in [-0.4, -0.2) is 19.7 Å². The highest BCUT2D eigenvalue weighted by Gasteiger charge is 2.43. The van der Waals surface area contributed by atoms with Crippen LogP contribution in [-0.2, 0) is 0 Å². The van der Waals surface area contributed by atoms with Crippen LogP contribution in [0.25, 0.3) is 0 Å². The third kappa shape index (κ3) is 1.95. The molecule has 0 fully saturated rings. The van der Waals surface area contributed by atoms with Gasteiger partial charge in [0.15, 0.2) is 0 Å². The fourth-order valence-corrected chi connectivity index (χ4v) is 1.07. The minimum Gasteiger partial charge on any atom is -0.258 e. The van der Waals surface area contributed by atoms with Crippen LogP contribution in [0.4, 0.5) is 22.7 Å². The Hall–Kier alpha value is -3.36. The molecule has 0 unspecified atom stereocenters. The molecule has 92 valence electrons. The number of hydrogen-bond donors (Lipinski definition) is 0. The Morgan fingerprint density at radius 2 is 0.889 bits per heavy atom. The standard InChI is InChI=1S/C6N4O8/c11-7(12)3-1-2-4(8(13)14)6(10(17)18)5(3)9(15)16. The first kappa shape index (κ1) is 12.7. The topological polar surface area (TPSA) is 173 Å². The summed E-state index contributed by atoms with van der Waals surface area (Å²) in [5, 5.41) is 42.0. The summed E-state index contributed by atoms with van der Waals surface area (Å²) < 4.78 is 0. The van der Waals surface area contributed by atoms with Crippen LogP contribution in [0.15, 0.2) is 0 Å². The van der Waals surface area contributed by atoms with Crippen molar-refractivity contribution < 1.29 is 19.7 Å². The number of hydrogen-bond acceptors (Lipinski definition) is 8. The molecule has 18 heavy (non-hydrogen) atoms. The molecule has 0 aliphatic carbocycles. The SMILES string of the molecule is O=[N+]([O-])c1c#cc([N+](=O)[O-])c([N+](=O)[O-])c1[N+](=O)[O-]. The lowest BCUT2D eigenvalue weighted by molar-refractivity contribution is -0.451. The number of nitrogens with zero attached hydrogens (tertiary/aromatic N) is 4. The minimum atomic E-state index is -1.60. The zero-order valence-electron chi connectivity index (χ0n) is 8.05. The molecule has 0 aromatic heterocycles. The van der Waals surface area contributed by atoms with Crippen LogP contribution < -0.4 is 0 Å². The van der Waals surface area contributed by atoms with Gasteiger partial charge in [-0.1, -0.05) is 0 Å². The molecule has 0 atom stereocenters. The second kappa shape index (κ2) is 4.25. The van der Waals surface area contributed by atoms with Gasteiger partial charge in [-0.25, -0.2) is 0 Å². The summed E-state index contributed by atoms with van der Waals surface area (Å²) in [6.45, 7) is 0. The van der Waals surface area contributed by atoms with Crippen molar-refractivity contribution in [2.45, 2.75) is 0 Å². The van der Waals surface area contributed by atoms with Gasteiger partial charge in [0.05, 0.1) is 19.7 Å². The summed E-state index contributed by atoms with van der Waals surface area (Å²) in [7, 11) is 0. The highest BCUT2D eigenvalue weighted by atomic mass is 16.7. The van der Waals surface area contributed by atoms with Crippen molar-refractivity contribution in [3.63, 3.8) is 0 Å². The number of nitro groups is 4. The molecule has 12 nitrogen and oxygen atoms in total. The zero-order valence-corrected chi connectivity index (χ0v) is 8.05. The van der Waals surface area contributed by atoms with Gasteiger partial charge in [-0.2, -0.15) is 0 Å². The van der Waals surface area contributed by atoms with Crippen LogP contribution in [0, 0.1) is 52.6 Å². The predicted octanol–water partition coefficient (Wildman–Crippen LogP) is 0.920. The zero-order chi connectivity index (χ0) is 14.0. The molecular formula is C6N4O8. The molecule has 0 aliphatic rings. The van der Waals surface area contributed by atoms with Gasteiger partial charge in [0.25, 0.3) is 0 Å². The van der Waals surface area contributed by atoms with E-state index in [1.807, 2.05) is 0 Å². The van der Waals surface area contributed by atoms with E-state index < -0.39 is 42.4 Å². The molecular weight excluding hydrogens is 256 g/mol. The van der Waals surface area contributed by atoms with Gasteiger partial charge < -0.3 is 0 Å². The summed E-state index contributed by atoms with van der Waals surface area (Å²) in [5.41, 5.74) is -5.93. The molecule has 1 aromatic carbocycles. The van der Waals surface area contributed by atoms with Crippen molar-refractivity contribution in [1.82, 2.24) is 0 Å². The first-order chi connectivity index (χ1) is 8.27. The van der Waals surface area contributed by atoms with Gasteiger partial charge in [0.1, 0.15) is 0 Å². The van der Waals surface area contributed by atoms with E-state index in [0.29, 0.717) is 0 Å². The summed E-state index contributed by atoms with van der Waals surface area (Å²) in [5.74, 6) is 0. The van der Waals surface area contributed by atoms with Crippen molar-refractivity contribution >= 4 is 22.7 Å². The van der Waals surface area contributed by atoms with Crippen LogP contribution in [0.3, 0.4) is 0 Å². The van der Waals surface area contributed by atoms with E-state index in [4.69, 9.17) is 0 Å². The molecule has 1 aromatic rings. The van der Waals surface area contributed by atoms with E-state index in [0.717, 1.165) is 0 Å². The van der Waals surface area contributed by atoms with Gasteiger partial charge in [0.2, 0.25) is 0 Å². The van der Waals surface area contributed by atoms with E-state index in [1.54, 1.807) is 12.1 Å². The summed E-state index contributed by atoms with van der Waals surface area (Å²) in [4.78, 5) is 36.5. The summed E-state index contributed by atoms with van der Waals surface area (Å²) in [6, 6.07) is 3.10. The summed E-state index contributed by atoms with van der Waals surface area (Å²) in [6.07, 6.45) is 0. The summed E-state index contributed by atoms with van der Waals surface area (Å²) >= 11 is 0. The Balaban J connectivity index is 3.82. The molecule has 0 amide bonds. The minimum absolute atomic E-state index is 1.31. The van der Waals surface area contributed by atoms with E-state index in [2.05, 4.69) is 0 Å². The Bertz CT molecular complexity index is 530. The second-order valence-corrected chi connectivity index (χ2v) is 2.67. The fourth-order valence-electron chi connectivity index (χ4n) is 1.07. The molecule has 0 heterocycles. The molecule has 0 aliphatic heterocycles. The maximum atomic E-state index is 10.6. The normalized spacial score (nSPS) is 9.33. The molecule has 0 spiro atoms. The third-order valence-corrected chi connectivity index (χ3v) is 1.70. The van der Waals surface area contributed by atoms with E-state index in [-0.39, 0.29) is 0 Å². The lowest BCUT2D eigenvalue weighted by atomic mass is 10.2. The molecule has 0 N–H and O–H groups in total. The first-order valence-electron chi connectivity index (χ1n) is 3.86. The maximum Gasteiger partial charge on any atom is 0.439 e. The van der Waals surface area contributed by atoms with E-state index in [9.17, 15) is 40.5 Å². The van der Waals surface area contributed by atoms with Crippen LogP contribution >= 0.6 is 0 Å². The van der Waals surface area contributed by atoms with Crippen LogP contribution in [0.1, 0.15) is 0 Å². The van der Waals surface area contributed by atoms with Gasteiger partial charge in [-0.3, -0.25) is 40.5 Å². The van der Waals surface area contributed by atoms with E-state index in [1.165, 1.54) is 0 Å². The lowest BCUT2D eigenvalue weighted by Crippen LogP contribution is -2.03. The maximum absolute atomic E-state index is 10.6. The van der Waals surface area contributed by atoms with Crippen LogP contribution in [0.2, 0.25) is 0 Å². The smallest absolute Gasteiger partial charge is 0.258 e. The Morgan fingerprint density at radius 3 is 1.06 bits per heavy atom.